The molecule has 0 fully saturated rings. The maximum atomic E-state index is 12.3. The van der Waals surface area contributed by atoms with Gasteiger partial charge in [0.1, 0.15) is 15.3 Å². The lowest BCUT2D eigenvalue weighted by atomic mass is 10.3. The standard InChI is InChI=1S/C15H12N4O2S/c1-2-19-14(21)12(6-5-10-4-3-7-18-9-10)22-15(19)11(8-16)13(17)20/h3-5,7,9H,2H2,1H3,(H2,17,20)/b15-11-. The van der Waals surface area contributed by atoms with Crippen LogP contribution in [0.25, 0.3) is 17.4 Å². The predicted molar refractivity (Wildman–Crippen MR) is 83.8 cm³/mol. The number of pyridine rings is 1. The maximum Gasteiger partial charge on any atom is 0.277 e. The molecule has 110 valence electrons. The van der Waals surface area contributed by atoms with Gasteiger partial charge in [-0.1, -0.05) is 11.8 Å². The fraction of sp³-hybridized carbons (Fsp3) is 0.133. The number of thiazole rings is 1. The van der Waals surface area contributed by atoms with E-state index in [4.69, 9.17) is 11.0 Å². The molecule has 1 amide bonds. The summed E-state index contributed by atoms with van der Waals surface area (Å²) in [6.07, 6.45) is 4.90. The van der Waals surface area contributed by atoms with Gasteiger partial charge in [-0.25, -0.2) is 0 Å². The molecule has 0 aromatic carbocycles. The molecule has 2 heterocycles. The molecule has 0 aliphatic carbocycles. The lowest BCUT2D eigenvalue weighted by Gasteiger charge is -1.95. The maximum absolute atomic E-state index is 12.3. The number of rotatable bonds is 3. The van der Waals surface area contributed by atoms with Crippen molar-refractivity contribution in [1.29, 1.82) is 5.26 Å². The largest absolute Gasteiger partial charge is 0.365 e. The number of carbonyl (C=O) groups is 1. The summed E-state index contributed by atoms with van der Waals surface area (Å²) >= 11 is 1.02. The summed E-state index contributed by atoms with van der Waals surface area (Å²) in [7, 11) is 0. The molecule has 0 saturated carbocycles. The second-order valence-corrected chi connectivity index (χ2v) is 5.21. The van der Waals surface area contributed by atoms with E-state index in [9.17, 15) is 9.59 Å². The topological polar surface area (TPSA) is 102 Å². The minimum Gasteiger partial charge on any atom is -0.365 e. The zero-order valence-electron chi connectivity index (χ0n) is 11.7. The number of aromatic nitrogens is 2. The molecule has 0 bridgehead atoms. The van der Waals surface area contributed by atoms with Crippen LogP contribution in [0, 0.1) is 11.3 Å². The Morgan fingerprint density at radius 2 is 2.36 bits per heavy atom. The first kappa shape index (κ1) is 15.4. The molecule has 22 heavy (non-hydrogen) atoms. The van der Waals surface area contributed by atoms with Crippen LogP contribution < -0.4 is 20.5 Å². The second-order valence-electron chi connectivity index (χ2n) is 4.21. The monoisotopic (exact) mass is 312 g/mol. The Bertz CT molecular complexity index is 958. The third-order valence-corrected chi connectivity index (χ3v) is 3.94. The van der Waals surface area contributed by atoms with Crippen molar-refractivity contribution in [2.45, 2.75) is 13.5 Å². The lowest BCUT2D eigenvalue weighted by molar-refractivity contribution is -0.112. The molecule has 0 aliphatic heterocycles. The fourth-order valence-electron chi connectivity index (χ4n) is 1.79. The summed E-state index contributed by atoms with van der Waals surface area (Å²) in [6.45, 7) is 2.08. The summed E-state index contributed by atoms with van der Waals surface area (Å²) in [4.78, 5) is 27.6. The molecule has 0 spiro atoms. The van der Waals surface area contributed by atoms with Crippen molar-refractivity contribution < 1.29 is 4.79 Å². The van der Waals surface area contributed by atoms with E-state index in [2.05, 4.69) is 10.7 Å². The Kier molecular flexibility index (Phi) is 4.69. The van der Waals surface area contributed by atoms with E-state index in [1.165, 1.54) is 4.57 Å². The van der Waals surface area contributed by atoms with Gasteiger partial charge >= 0.3 is 0 Å². The molecule has 2 N–H and O–H groups in total. The Morgan fingerprint density at radius 3 is 2.91 bits per heavy atom. The van der Waals surface area contributed by atoms with Gasteiger partial charge in [0.2, 0.25) is 0 Å². The third kappa shape index (κ3) is 3.04. The second kappa shape index (κ2) is 6.68. The molecule has 0 saturated heterocycles. The summed E-state index contributed by atoms with van der Waals surface area (Å²) in [6, 6.07) is 5.34. The van der Waals surface area contributed by atoms with Crippen LogP contribution in [-0.2, 0) is 11.3 Å². The van der Waals surface area contributed by atoms with Crippen LogP contribution in [-0.4, -0.2) is 15.5 Å². The first-order valence-corrected chi connectivity index (χ1v) is 7.20. The van der Waals surface area contributed by atoms with Crippen LogP contribution >= 0.6 is 11.3 Å². The zero-order chi connectivity index (χ0) is 16.1. The molecule has 0 aliphatic rings. The highest BCUT2D eigenvalue weighted by molar-refractivity contribution is 7.07. The highest BCUT2D eigenvalue weighted by Crippen LogP contribution is 1.96. The van der Waals surface area contributed by atoms with Gasteiger partial charge < -0.3 is 5.73 Å². The molecule has 2 aromatic rings. The van der Waals surface area contributed by atoms with Gasteiger partial charge in [0, 0.05) is 24.5 Å². The van der Waals surface area contributed by atoms with Gasteiger partial charge in [-0.3, -0.25) is 19.1 Å². The number of primary amides is 1. The average Bonchev–Trinajstić information content (AvgIpc) is 2.82. The minimum absolute atomic E-state index is 0.224. The van der Waals surface area contributed by atoms with Crippen molar-refractivity contribution in [3.05, 3.63) is 49.6 Å². The van der Waals surface area contributed by atoms with E-state index < -0.39 is 5.91 Å². The Balaban J connectivity index is 2.81. The van der Waals surface area contributed by atoms with Crippen molar-refractivity contribution >= 4 is 34.6 Å². The van der Waals surface area contributed by atoms with Crippen molar-refractivity contribution in [3.8, 4) is 6.07 Å². The lowest BCUT2D eigenvalue weighted by Crippen LogP contribution is -2.32. The quantitative estimate of drug-likeness (QED) is 0.831. The number of hydrogen-bond acceptors (Lipinski definition) is 5. The molecule has 6 nitrogen and oxygen atoms in total. The van der Waals surface area contributed by atoms with Gasteiger partial charge in [-0.2, -0.15) is 5.26 Å². The van der Waals surface area contributed by atoms with Crippen LogP contribution in [0.1, 0.15) is 12.5 Å². The Morgan fingerprint density at radius 1 is 1.59 bits per heavy atom. The molecule has 7 heteroatoms. The first-order valence-electron chi connectivity index (χ1n) is 6.39. The number of carbonyl (C=O) groups excluding carboxylic acids is 1. The minimum atomic E-state index is -0.853. The number of nitrogens with zero attached hydrogens (tertiary/aromatic N) is 3. The number of hydrogen-bond donors (Lipinski definition) is 1. The van der Waals surface area contributed by atoms with Crippen LogP contribution in [0.2, 0.25) is 0 Å². The van der Waals surface area contributed by atoms with Crippen molar-refractivity contribution in [1.82, 2.24) is 9.55 Å². The Hall–Kier alpha value is -2.94. The van der Waals surface area contributed by atoms with E-state index in [0.29, 0.717) is 11.1 Å². The van der Waals surface area contributed by atoms with Crippen LogP contribution in [0.15, 0.2) is 29.3 Å². The molecular weight excluding hydrogens is 300 g/mol. The predicted octanol–water partition coefficient (Wildman–Crippen LogP) is -0.423. The molecular formula is C15H12N4O2S. The normalized spacial score (nSPS) is 11.3. The number of nitrogens with two attached hydrogens (primary N) is 1. The van der Waals surface area contributed by atoms with Crippen molar-refractivity contribution in [2.24, 2.45) is 5.73 Å². The van der Waals surface area contributed by atoms with Gasteiger partial charge in [0.25, 0.3) is 11.5 Å². The number of nitriles is 1. The summed E-state index contributed by atoms with van der Waals surface area (Å²) in [5, 5.41) is 9.04. The highest BCUT2D eigenvalue weighted by atomic mass is 32.1. The van der Waals surface area contributed by atoms with E-state index in [1.54, 1.807) is 37.5 Å². The van der Waals surface area contributed by atoms with Crippen LogP contribution in [0.4, 0.5) is 0 Å². The molecule has 2 aromatic heterocycles. The van der Waals surface area contributed by atoms with Crippen LogP contribution in [0.3, 0.4) is 0 Å². The highest BCUT2D eigenvalue weighted by Gasteiger charge is 2.11. The summed E-state index contributed by atoms with van der Waals surface area (Å²) < 4.78 is 1.90. The fourth-order valence-corrected chi connectivity index (χ4v) is 2.87. The molecule has 0 atom stereocenters. The smallest absolute Gasteiger partial charge is 0.277 e. The van der Waals surface area contributed by atoms with Gasteiger partial charge in [-0.05, 0) is 19.1 Å². The van der Waals surface area contributed by atoms with Crippen molar-refractivity contribution in [3.63, 3.8) is 0 Å². The first-order chi connectivity index (χ1) is 10.6. The van der Waals surface area contributed by atoms with Crippen LogP contribution in [0.5, 0.6) is 0 Å². The van der Waals surface area contributed by atoms with E-state index in [-0.39, 0.29) is 15.8 Å². The van der Waals surface area contributed by atoms with Gasteiger partial charge in [-0.15, -0.1) is 11.3 Å². The number of amides is 1. The Labute approximate surface area is 129 Å². The summed E-state index contributed by atoms with van der Waals surface area (Å²) in [5.41, 5.74) is 8.33. The van der Waals surface area contributed by atoms with E-state index >= 15 is 0 Å². The molecule has 0 radical (unpaired) electrons. The van der Waals surface area contributed by atoms with Gasteiger partial charge in [0.05, 0.1) is 0 Å². The van der Waals surface area contributed by atoms with E-state index in [0.717, 1.165) is 16.9 Å². The summed E-state index contributed by atoms with van der Waals surface area (Å²) in [5.74, 6) is -0.853. The molecule has 0 unspecified atom stereocenters. The third-order valence-electron chi connectivity index (χ3n) is 2.83. The van der Waals surface area contributed by atoms with Crippen molar-refractivity contribution in [2.75, 3.05) is 0 Å². The molecule has 2 rings (SSSR count). The SMILES string of the molecule is CCn1c(=O)c(=C=Cc2cccnc2)s/c1=C(/C#N)C(N)=O. The average molecular weight is 312 g/mol. The zero-order valence-corrected chi connectivity index (χ0v) is 12.6. The van der Waals surface area contributed by atoms with Gasteiger partial charge in [0.15, 0.2) is 5.57 Å². The van der Waals surface area contributed by atoms with E-state index in [1.807, 2.05) is 6.07 Å².